The molecule has 1 aliphatic carbocycles. The van der Waals surface area contributed by atoms with Crippen LogP contribution in [0.5, 0.6) is 0 Å². The smallest absolute Gasteiger partial charge is 0.255 e. The molecule has 0 saturated heterocycles. The fourth-order valence-electron chi connectivity index (χ4n) is 2.79. The highest BCUT2D eigenvalue weighted by atomic mass is 16.1. The molecular weight excluding hydrogens is 236 g/mol. The summed E-state index contributed by atoms with van der Waals surface area (Å²) in [5, 5.41) is 3.28. The highest BCUT2D eigenvalue weighted by molar-refractivity contribution is 5.30. The summed E-state index contributed by atoms with van der Waals surface area (Å²) in [5.74, 6) is 0.640. The predicted molar refractivity (Wildman–Crippen MR) is 79.6 cm³/mol. The number of pyridine rings is 1. The summed E-state index contributed by atoms with van der Waals surface area (Å²) in [4.78, 5) is 12.6. The van der Waals surface area contributed by atoms with Gasteiger partial charge in [0, 0.05) is 24.3 Å². The molecule has 19 heavy (non-hydrogen) atoms. The van der Waals surface area contributed by atoms with Crippen LogP contribution in [-0.4, -0.2) is 11.1 Å². The molecule has 1 aliphatic rings. The minimum atomic E-state index is 0.224. The maximum atomic E-state index is 12.6. The summed E-state index contributed by atoms with van der Waals surface area (Å²) in [7, 11) is 0. The first kappa shape index (κ1) is 14.3. The summed E-state index contributed by atoms with van der Waals surface area (Å²) in [5.41, 5.74) is 3.86. The molecule has 0 unspecified atom stereocenters. The predicted octanol–water partition coefficient (Wildman–Crippen LogP) is 2.49. The van der Waals surface area contributed by atoms with Crippen LogP contribution in [0.25, 0.3) is 0 Å². The molecule has 0 aromatic carbocycles. The summed E-state index contributed by atoms with van der Waals surface area (Å²) in [6.07, 6.45) is 4.48. The lowest BCUT2D eigenvalue weighted by molar-refractivity contribution is 0.495. The second-order valence-electron chi connectivity index (χ2n) is 5.91. The first-order valence-electron chi connectivity index (χ1n) is 7.58. The van der Waals surface area contributed by atoms with Crippen LogP contribution in [-0.2, 0) is 25.9 Å². The van der Waals surface area contributed by atoms with Crippen LogP contribution in [0.2, 0.25) is 0 Å². The zero-order chi connectivity index (χ0) is 13.8. The maximum absolute atomic E-state index is 12.6. The highest BCUT2D eigenvalue weighted by Gasteiger charge is 2.18. The van der Waals surface area contributed by atoms with Crippen molar-refractivity contribution < 1.29 is 0 Å². The van der Waals surface area contributed by atoms with Crippen molar-refractivity contribution in [3.8, 4) is 0 Å². The highest BCUT2D eigenvalue weighted by Crippen LogP contribution is 2.22. The van der Waals surface area contributed by atoms with E-state index in [-0.39, 0.29) is 5.56 Å². The third-order valence-corrected chi connectivity index (χ3v) is 3.92. The lowest BCUT2D eigenvalue weighted by Gasteiger charge is -2.16. The van der Waals surface area contributed by atoms with E-state index >= 15 is 0 Å². The van der Waals surface area contributed by atoms with Gasteiger partial charge in [0.25, 0.3) is 5.56 Å². The number of nitrogens with one attached hydrogen (secondary N) is 1. The lowest BCUT2D eigenvalue weighted by Crippen LogP contribution is -2.30. The van der Waals surface area contributed by atoms with E-state index in [9.17, 15) is 4.79 Å². The number of rotatable bonds is 6. The Morgan fingerprint density at radius 2 is 2.16 bits per heavy atom. The molecule has 0 aliphatic heterocycles. The molecule has 0 amide bonds. The molecule has 1 aromatic heterocycles. The van der Waals surface area contributed by atoms with Crippen molar-refractivity contribution in [1.29, 1.82) is 0 Å². The first-order valence-corrected chi connectivity index (χ1v) is 7.58. The molecule has 0 spiro atoms. The average molecular weight is 262 g/mol. The normalized spacial score (nSPS) is 14.1. The minimum absolute atomic E-state index is 0.224. The van der Waals surface area contributed by atoms with Gasteiger partial charge < -0.3 is 9.88 Å². The Bertz CT molecular complexity index is 488. The minimum Gasteiger partial charge on any atom is -0.313 e. The Morgan fingerprint density at radius 3 is 2.84 bits per heavy atom. The van der Waals surface area contributed by atoms with Crippen molar-refractivity contribution in [2.75, 3.05) is 6.54 Å². The Hall–Kier alpha value is -1.09. The van der Waals surface area contributed by atoms with E-state index in [0.717, 1.165) is 37.9 Å². The fourth-order valence-corrected chi connectivity index (χ4v) is 2.79. The molecule has 3 nitrogen and oxygen atoms in total. The molecule has 0 fully saturated rings. The molecule has 0 radical (unpaired) electrons. The first-order chi connectivity index (χ1) is 9.13. The molecule has 1 heterocycles. The molecule has 2 rings (SSSR count). The standard InChI is InChI=1S/C16H26N2O/c1-4-17-11-14-10-13-6-5-7-15(13)18(16(14)19)9-8-12(2)3/h10,12,17H,4-9,11H2,1-3H3. The van der Waals surface area contributed by atoms with Crippen LogP contribution < -0.4 is 10.9 Å². The number of nitrogens with zero attached hydrogens (tertiary/aromatic N) is 1. The van der Waals surface area contributed by atoms with Crippen molar-refractivity contribution in [2.24, 2.45) is 5.92 Å². The van der Waals surface area contributed by atoms with E-state index in [4.69, 9.17) is 0 Å². The topological polar surface area (TPSA) is 34.0 Å². The summed E-state index contributed by atoms with van der Waals surface area (Å²) in [6.45, 7) is 8.98. The third kappa shape index (κ3) is 3.27. The molecule has 3 heteroatoms. The quantitative estimate of drug-likeness (QED) is 0.854. The monoisotopic (exact) mass is 262 g/mol. The van der Waals surface area contributed by atoms with Crippen LogP contribution in [0.1, 0.15) is 50.4 Å². The molecule has 1 N–H and O–H groups in total. The van der Waals surface area contributed by atoms with Gasteiger partial charge in [0.05, 0.1) is 0 Å². The van der Waals surface area contributed by atoms with Crippen molar-refractivity contribution in [2.45, 2.75) is 59.5 Å². The maximum Gasteiger partial charge on any atom is 0.255 e. The van der Waals surface area contributed by atoms with Gasteiger partial charge in [0.2, 0.25) is 0 Å². The zero-order valence-corrected chi connectivity index (χ0v) is 12.5. The van der Waals surface area contributed by atoms with Crippen molar-refractivity contribution in [3.05, 3.63) is 33.2 Å². The molecule has 1 aromatic rings. The second-order valence-corrected chi connectivity index (χ2v) is 5.91. The van der Waals surface area contributed by atoms with Crippen LogP contribution >= 0.6 is 0 Å². The van der Waals surface area contributed by atoms with Gasteiger partial charge in [-0.15, -0.1) is 0 Å². The van der Waals surface area contributed by atoms with Crippen LogP contribution in [0.15, 0.2) is 10.9 Å². The van der Waals surface area contributed by atoms with Gasteiger partial charge in [-0.3, -0.25) is 4.79 Å². The van der Waals surface area contributed by atoms with E-state index < -0.39 is 0 Å². The Kier molecular flexibility index (Phi) is 4.81. The van der Waals surface area contributed by atoms with Crippen molar-refractivity contribution in [3.63, 3.8) is 0 Å². The number of aryl methyl sites for hydroxylation is 1. The van der Waals surface area contributed by atoms with Crippen LogP contribution in [0, 0.1) is 5.92 Å². The molecule has 0 atom stereocenters. The molecule has 0 saturated carbocycles. The third-order valence-electron chi connectivity index (χ3n) is 3.92. The number of hydrogen-bond donors (Lipinski definition) is 1. The molecule has 106 valence electrons. The van der Waals surface area contributed by atoms with Gasteiger partial charge in [0.1, 0.15) is 0 Å². The molecule has 0 bridgehead atoms. The van der Waals surface area contributed by atoms with E-state index in [1.165, 1.54) is 17.7 Å². The van der Waals surface area contributed by atoms with Gasteiger partial charge in [-0.1, -0.05) is 20.8 Å². The zero-order valence-electron chi connectivity index (χ0n) is 12.5. The van der Waals surface area contributed by atoms with E-state index in [0.29, 0.717) is 12.5 Å². The Labute approximate surface area is 116 Å². The van der Waals surface area contributed by atoms with Gasteiger partial charge >= 0.3 is 0 Å². The van der Waals surface area contributed by atoms with Gasteiger partial charge in [-0.05, 0) is 49.8 Å². The van der Waals surface area contributed by atoms with Gasteiger partial charge in [0.15, 0.2) is 0 Å². The van der Waals surface area contributed by atoms with E-state index in [2.05, 4.69) is 36.7 Å². The number of fused-ring (bicyclic) bond motifs is 1. The van der Waals surface area contributed by atoms with Crippen molar-refractivity contribution >= 4 is 0 Å². The summed E-state index contributed by atoms with van der Waals surface area (Å²) >= 11 is 0. The lowest BCUT2D eigenvalue weighted by atomic mass is 10.1. The van der Waals surface area contributed by atoms with Gasteiger partial charge in [-0.25, -0.2) is 0 Å². The van der Waals surface area contributed by atoms with Gasteiger partial charge in [-0.2, -0.15) is 0 Å². The summed E-state index contributed by atoms with van der Waals surface area (Å²) < 4.78 is 2.05. The fraction of sp³-hybridized carbons (Fsp3) is 0.688. The van der Waals surface area contributed by atoms with Crippen molar-refractivity contribution in [1.82, 2.24) is 9.88 Å². The second kappa shape index (κ2) is 6.38. The number of aromatic nitrogens is 1. The molecular formula is C16H26N2O. The van der Waals surface area contributed by atoms with Crippen LogP contribution in [0.4, 0.5) is 0 Å². The Balaban J connectivity index is 2.33. The summed E-state index contributed by atoms with van der Waals surface area (Å²) in [6, 6.07) is 2.14. The largest absolute Gasteiger partial charge is 0.313 e. The SMILES string of the molecule is CCNCc1cc2c(n(CCC(C)C)c1=O)CCC2. The van der Waals surface area contributed by atoms with Crippen LogP contribution in [0.3, 0.4) is 0 Å². The average Bonchev–Trinajstić information content (AvgIpc) is 2.83. The van der Waals surface area contributed by atoms with E-state index in [1.807, 2.05) is 0 Å². The number of hydrogen-bond acceptors (Lipinski definition) is 2. The Morgan fingerprint density at radius 1 is 1.37 bits per heavy atom. The van der Waals surface area contributed by atoms with E-state index in [1.54, 1.807) is 0 Å².